The smallest absolute Gasteiger partial charge is 0.305 e. The molecule has 0 saturated carbocycles. The van der Waals surface area contributed by atoms with Crippen LogP contribution in [0.15, 0.2) is 0 Å². The molecule has 0 spiro atoms. The summed E-state index contributed by atoms with van der Waals surface area (Å²) in [4.78, 5) is 13.7. The van der Waals surface area contributed by atoms with E-state index in [1.807, 2.05) is 0 Å². The predicted octanol–water partition coefficient (Wildman–Crippen LogP) is 1.96. The maximum absolute atomic E-state index is 11.3. The van der Waals surface area contributed by atoms with Crippen molar-refractivity contribution in [2.45, 2.75) is 58.0 Å². The molecule has 1 heterocycles. The Morgan fingerprint density at radius 3 is 2.78 bits per heavy atom. The van der Waals surface area contributed by atoms with Crippen LogP contribution in [0, 0.1) is 0 Å². The number of esters is 1. The molecule has 4 heteroatoms. The molecule has 1 N–H and O–H groups in total. The third-order valence-corrected chi connectivity index (χ3v) is 3.65. The van der Waals surface area contributed by atoms with Gasteiger partial charge in [0.05, 0.1) is 12.2 Å². The van der Waals surface area contributed by atoms with Crippen molar-refractivity contribution in [2.75, 3.05) is 26.2 Å². The second-order valence-electron chi connectivity index (χ2n) is 5.22. The number of likely N-dealkylation sites (tertiary alicyclic amines) is 1. The average Bonchev–Trinajstić information content (AvgIpc) is 2.51. The molecule has 0 bridgehead atoms. The SMILES string of the molecule is CCCN1CCCC(O)(CCC(=O)OCC)CC1. The van der Waals surface area contributed by atoms with Gasteiger partial charge in [-0.15, -0.1) is 0 Å². The lowest BCUT2D eigenvalue weighted by atomic mass is 9.90. The Morgan fingerprint density at radius 2 is 2.11 bits per heavy atom. The normalized spacial score (nSPS) is 25.7. The lowest BCUT2D eigenvalue weighted by Gasteiger charge is -2.26. The summed E-state index contributed by atoms with van der Waals surface area (Å²) in [6, 6.07) is 0. The van der Waals surface area contributed by atoms with Crippen LogP contribution < -0.4 is 0 Å². The van der Waals surface area contributed by atoms with Crippen LogP contribution in [-0.4, -0.2) is 47.8 Å². The summed E-state index contributed by atoms with van der Waals surface area (Å²) in [5.41, 5.74) is -0.671. The van der Waals surface area contributed by atoms with E-state index in [0.717, 1.165) is 45.3 Å². The van der Waals surface area contributed by atoms with Crippen LogP contribution in [0.1, 0.15) is 52.4 Å². The van der Waals surface area contributed by atoms with Gasteiger partial charge in [-0.2, -0.15) is 0 Å². The number of nitrogens with zero attached hydrogens (tertiary/aromatic N) is 1. The van der Waals surface area contributed by atoms with Gasteiger partial charge in [-0.05, 0) is 52.1 Å². The van der Waals surface area contributed by atoms with Crippen molar-refractivity contribution in [3.63, 3.8) is 0 Å². The van der Waals surface area contributed by atoms with Crippen LogP contribution in [0.25, 0.3) is 0 Å². The lowest BCUT2D eigenvalue weighted by molar-refractivity contribution is -0.144. The van der Waals surface area contributed by atoms with E-state index >= 15 is 0 Å². The van der Waals surface area contributed by atoms with Crippen molar-refractivity contribution in [1.29, 1.82) is 0 Å². The van der Waals surface area contributed by atoms with Gasteiger partial charge in [0.2, 0.25) is 0 Å². The van der Waals surface area contributed by atoms with E-state index in [2.05, 4.69) is 11.8 Å². The molecule has 1 aliphatic heterocycles. The minimum absolute atomic E-state index is 0.194. The number of rotatable bonds is 6. The quantitative estimate of drug-likeness (QED) is 0.739. The van der Waals surface area contributed by atoms with E-state index in [4.69, 9.17) is 4.74 Å². The lowest BCUT2D eigenvalue weighted by Crippen LogP contribution is -2.32. The molecule has 0 aromatic rings. The van der Waals surface area contributed by atoms with E-state index < -0.39 is 5.60 Å². The Morgan fingerprint density at radius 1 is 1.33 bits per heavy atom. The molecule has 0 amide bonds. The molecule has 0 aromatic heterocycles. The van der Waals surface area contributed by atoms with Crippen LogP contribution in [0.2, 0.25) is 0 Å². The van der Waals surface area contributed by atoms with Crippen molar-refractivity contribution in [3.05, 3.63) is 0 Å². The van der Waals surface area contributed by atoms with Crippen LogP contribution in [0.3, 0.4) is 0 Å². The topological polar surface area (TPSA) is 49.8 Å². The summed E-state index contributed by atoms with van der Waals surface area (Å²) >= 11 is 0. The van der Waals surface area contributed by atoms with Crippen molar-refractivity contribution >= 4 is 5.97 Å². The molecule has 0 radical (unpaired) electrons. The zero-order valence-electron chi connectivity index (χ0n) is 11.8. The van der Waals surface area contributed by atoms with Crippen molar-refractivity contribution in [1.82, 2.24) is 4.90 Å². The first-order chi connectivity index (χ1) is 8.59. The second-order valence-corrected chi connectivity index (χ2v) is 5.22. The third kappa shape index (κ3) is 5.36. The van der Waals surface area contributed by atoms with E-state index in [1.165, 1.54) is 0 Å². The summed E-state index contributed by atoms with van der Waals surface area (Å²) in [6.07, 6.45) is 4.60. The zero-order valence-corrected chi connectivity index (χ0v) is 11.8. The number of ether oxygens (including phenoxy) is 1. The first-order valence-electron chi connectivity index (χ1n) is 7.20. The average molecular weight is 257 g/mol. The van der Waals surface area contributed by atoms with Gasteiger partial charge in [0.15, 0.2) is 0 Å². The number of aliphatic hydroxyl groups is 1. The minimum Gasteiger partial charge on any atom is -0.466 e. The Bertz CT molecular complexity index is 257. The van der Waals surface area contributed by atoms with Gasteiger partial charge in [0, 0.05) is 13.0 Å². The van der Waals surface area contributed by atoms with E-state index in [9.17, 15) is 9.90 Å². The number of carbonyl (C=O) groups excluding carboxylic acids is 1. The molecular weight excluding hydrogens is 230 g/mol. The zero-order chi connectivity index (χ0) is 13.4. The van der Waals surface area contributed by atoms with Gasteiger partial charge in [0.25, 0.3) is 0 Å². The molecule has 0 aliphatic carbocycles. The minimum atomic E-state index is -0.671. The summed E-state index contributed by atoms with van der Waals surface area (Å²) in [7, 11) is 0. The molecule has 4 nitrogen and oxygen atoms in total. The number of hydrogen-bond donors (Lipinski definition) is 1. The Labute approximate surface area is 110 Å². The van der Waals surface area contributed by atoms with Crippen molar-refractivity contribution in [3.8, 4) is 0 Å². The fourth-order valence-electron chi connectivity index (χ4n) is 2.59. The van der Waals surface area contributed by atoms with Gasteiger partial charge in [-0.3, -0.25) is 4.79 Å². The summed E-state index contributed by atoms with van der Waals surface area (Å²) in [6.45, 7) is 7.51. The van der Waals surface area contributed by atoms with Crippen LogP contribution in [0.4, 0.5) is 0 Å². The highest BCUT2D eigenvalue weighted by Crippen LogP contribution is 2.27. The van der Waals surface area contributed by atoms with Gasteiger partial charge < -0.3 is 14.7 Å². The predicted molar refractivity (Wildman–Crippen MR) is 71.4 cm³/mol. The summed E-state index contributed by atoms with van der Waals surface area (Å²) < 4.78 is 4.91. The summed E-state index contributed by atoms with van der Waals surface area (Å²) in [5.74, 6) is -0.194. The van der Waals surface area contributed by atoms with E-state index in [1.54, 1.807) is 6.92 Å². The highest BCUT2D eigenvalue weighted by molar-refractivity contribution is 5.69. The van der Waals surface area contributed by atoms with Gasteiger partial charge in [0.1, 0.15) is 0 Å². The number of hydrogen-bond acceptors (Lipinski definition) is 4. The van der Waals surface area contributed by atoms with Crippen LogP contribution in [-0.2, 0) is 9.53 Å². The molecular formula is C14H27NO3. The molecule has 1 fully saturated rings. The molecule has 106 valence electrons. The molecule has 1 aliphatic rings. The van der Waals surface area contributed by atoms with Crippen molar-refractivity contribution < 1.29 is 14.6 Å². The van der Waals surface area contributed by atoms with E-state index in [-0.39, 0.29) is 5.97 Å². The van der Waals surface area contributed by atoms with Gasteiger partial charge in [-0.25, -0.2) is 0 Å². The first kappa shape index (κ1) is 15.4. The van der Waals surface area contributed by atoms with Gasteiger partial charge in [-0.1, -0.05) is 6.92 Å². The number of carbonyl (C=O) groups is 1. The van der Waals surface area contributed by atoms with Gasteiger partial charge >= 0.3 is 5.97 Å². The fourth-order valence-corrected chi connectivity index (χ4v) is 2.59. The standard InChI is InChI=1S/C14H27NO3/c1-3-10-15-11-5-7-14(17,9-12-15)8-6-13(16)18-4-2/h17H,3-12H2,1-2H3. The van der Waals surface area contributed by atoms with Crippen LogP contribution >= 0.6 is 0 Å². The summed E-state index contributed by atoms with van der Waals surface area (Å²) in [5, 5.41) is 10.5. The second kappa shape index (κ2) is 7.74. The highest BCUT2D eigenvalue weighted by atomic mass is 16.5. The van der Waals surface area contributed by atoms with E-state index in [0.29, 0.717) is 19.4 Å². The highest BCUT2D eigenvalue weighted by Gasteiger charge is 2.30. The fraction of sp³-hybridized carbons (Fsp3) is 0.929. The molecule has 1 unspecified atom stereocenters. The molecule has 1 atom stereocenters. The molecule has 1 rings (SSSR count). The molecule has 0 aromatic carbocycles. The Kier molecular flexibility index (Phi) is 6.65. The molecule has 1 saturated heterocycles. The van der Waals surface area contributed by atoms with Crippen molar-refractivity contribution in [2.24, 2.45) is 0 Å². The third-order valence-electron chi connectivity index (χ3n) is 3.65. The largest absolute Gasteiger partial charge is 0.466 e. The first-order valence-corrected chi connectivity index (χ1v) is 7.20. The monoisotopic (exact) mass is 257 g/mol. The maximum atomic E-state index is 11.3. The Balaban J connectivity index is 2.36. The Hall–Kier alpha value is -0.610. The maximum Gasteiger partial charge on any atom is 0.305 e. The molecule has 18 heavy (non-hydrogen) atoms. The van der Waals surface area contributed by atoms with Crippen LogP contribution in [0.5, 0.6) is 0 Å².